The average Bonchev–Trinajstić information content (AvgIpc) is 2.66. The molecule has 1 aromatic carbocycles. The van der Waals surface area contributed by atoms with Crippen molar-refractivity contribution in [1.82, 2.24) is 15.1 Å². The monoisotopic (exact) mass is 359 g/mol. The van der Waals surface area contributed by atoms with Crippen LogP contribution in [0.25, 0.3) is 0 Å². The van der Waals surface area contributed by atoms with Gasteiger partial charge in [-0.1, -0.05) is 58.0 Å². The number of benzene rings is 1. The van der Waals surface area contributed by atoms with Gasteiger partial charge in [-0.25, -0.2) is 0 Å². The number of likely N-dealkylation sites (tertiary alicyclic amines) is 1. The molecule has 1 amide bonds. The second kappa shape index (κ2) is 9.01. The fraction of sp³-hybridized carbons (Fsp3) is 0.682. The Hall–Kier alpha value is -1.39. The molecule has 2 fully saturated rings. The molecule has 2 saturated heterocycles. The van der Waals surface area contributed by atoms with Crippen molar-refractivity contribution in [3.63, 3.8) is 0 Å². The molecule has 1 N–H and O–H groups in total. The van der Waals surface area contributed by atoms with E-state index < -0.39 is 0 Å². The van der Waals surface area contributed by atoms with Crippen molar-refractivity contribution in [2.45, 2.75) is 52.9 Å². The summed E-state index contributed by atoms with van der Waals surface area (Å²) in [6.45, 7) is 16.1. The molecular formula is C22H37N3O. The summed E-state index contributed by atoms with van der Waals surface area (Å²) in [7, 11) is 0. The van der Waals surface area contributed by atoms with Crippen molar-refractivity contribution in [1.29, 1.82) is 0 Å². The summed E-state index contributed by atoms with van der Waals surface area (Å²) in [6.07, 6.45) is 2.50. The molecule has 0 spiro atoms. The van der Waals surface area contributed by atoms with Gasteiger partial charge in [0.05, 0.1) is 6.67 Å². The molecule has 146 valence electrons. The molecule has 0 aliphatic carbocycles. The van der Waals surface area contributed by atoms with Crippen LogP contribution in [0.15, 0.2) is 30.3 Å². The third kappa shape index (κ3) is 5.08. The number of hydrogen-bond acceptors (Lipinski definition) is 3. The summed E-state index contributed by atoms with van der Waals surface area (Å²) >= 11 is 0. The van der Waals surface area contributed by atoms with Gasteiger partial charge in [0.1, 0.15) is 0 Å². The average molecular weight is 360 g/mol. The van der Waals surface area contributed by atoms with Crippen LogP contribution in [-0.2, 0) is 10.2 Å². The van der Waals surface area contributed by atoms with Gasteiger partial charge < -0.3 is 9.80 Å². The summed E-state index contributed by atoms with van der Waals surface area (Å²) in [5.74, 6) is 0.155. The zero-order chi connectivity index (χ0) is 19.2. The minimum atomic E-state index is -0.0212. The normalized spacial score (nSPS) is 26.0. The van der Waals surface area contributed by atoms with Gasteiger partial charge in [-0.05, 0) is 36.9 Å². The molecule has 0 saturated carbocycles. The first kappa shape index (κ1) is 20.9. The van der Waals surface area contributed by atoms with Gasteiger partial charge >= 0.3 is 0 Å². The molecule has 3 rings (SSSR count). The zero-order valence-corrected chi connectivity index (χ0v) is 17.3. The van der Waals surface area contributed by atoms with E-state index >= 15 is 0 Å². The number of rotatable bonds is 3. The maximum atomic E-state index is 12.0. The summed E-state index contributed by atoms with van der Waals surface area (Å²) in [5.41, 5.74) is 1.78. The molecular weight excluding hydrogens is 322 g/mol. The van der Waals surface area contributed by atoms with Crippen LogP contribution in [0, 0.1) is 5.41 Å². The highest BCUT2D eigenvalue weighted by molar-refractivity contribution is 5.73. The lowest BCUT2D eigenvalue weighted by Gasteiger charge is -2.47. The zero-order valence-electron chi connectivity index (χ0n) is 17.3. The van der Waals surface area contributed by atoms with Crippen LogP contribution in [0.2, 0.25) is 0 Å². The molecule has 1 unspecified atom stereocenters. The molecule has 0 bridgehead atoms. The first-order valence-corrected chi connectivity index (χ1v) is 10.1. The minimum Gasteiger partial charge on any atom is -0.329 e. The van der Waals surface area contributed by atoms with E-state index in [9.17, 15) is 4.79 Å². The van der Waals surface area contributed by atoms with Crippen molar-refractivity contribution in [3.05, 3.63) is 35.9 Å². The van der Waals surface area contributed by atoms with Crippen LogP contribution < -0.4 is 5.32 Å². The van der Waals surface area contributed by atoms with Crippen LogP contribution in [0.5, 0.6) is 0 Å². The Morgan fingerprint density at radius 3 is 2.31 bits per heavy atom. The maximum Gasteiger partial charge on any atom is 0.220 e. The van der Waals surface area contributed by atoms with E-state index in [0.717, 1.165) is 32.7 Å². The number of hydrogen-bond donors (Lipinski definition) is 1. The lowest BCUT2D eigenvalue weighted by molar-refractivity contribution is -0.131. The van der Waals surface area contributed by atoms with Crippen LogP contribution in [-0.4, -0.2) is 55.1 Å². The Bertz CT molecular complexity index is 562. The quantitative estimate of drug-likeness (QED) is 0.897. The molecule has 26 heavy (non-hydrogen) atoms. The van der Waals surface area contributed by atoms with Crippen molar-refractivity contribution in [2.24, 2.45) is 5.41 Å². The fourth-order valence-electron chi connectivity index (χ4n) is 4.06. The summed E-state index contributed by atoms with van der Waals surface area (Å²) in [5, 5.41) is 3.49. The molecule has 2 heterocycles. The number of carbonyl (C=O) groups excluding carboxylic acids is 1. The van der Waals surface area contributed by atoms with E-state index in [-0.39, 0.29) is 11.3 Å². The number of nitrogens with zero attached hydrogens (tertiary/aromatic N) is 2. The third-order valence-electron chi connectivity index (χ3n) is 5.83. The second-order valence-corrected chi connectivity index (χ2v) is 8.39. The molecule has 2 aliphatic rings. The van der Waals surface area contributed by atoms with Crippen molar-refractivity contribution in [3.8, 4) is 0 Å². The first-order valence-electron chi connectivity index (χ1n) is 10.1. The van der Waals surface area contributed by atoms with Gasteiger partial charge in [-0.3, -0.25) is 10.1 Å². The maximum absolute atomic E-state index is 12.0. The summed E-state index contributed by atoms with van der Waals surface area (Å²) in [4.78, 5) is 16.5. The standard InChI is InChI=1S/C20H31N3O.C2H6/c1-17(24)23-15-20(13-21-16-23,18-7-5-4-6-8-18)14-22-11-9-19(2,3)10-12-22;1-2/h4-8,21H,9-16H2,1-3H3;1-2H3. The molecule has 0 aromatic heterocycles. The molecule has 2 aliphatic heterocycles. The summed E-state index contributed by atoms with van der Waals surface area (Å²) < 4.78 is 0. The molecule has 1 atom stereocenters. The fourth-order valence-corrected chi connectivity index (χ4v) is 4.06. The van der Waals surface area contributed by atoms with Crippen LogP contribution in [0.3, 0.4) is 0 Å². The van der Waals surface area contributed by atoms with Gasteiger partial charge in [0.15, 0.2) is 0 Å². The van der Waals surface area contributed by atoms with Crippen LogP contribution in [0.1, 0.15) is 53.0 Å². The highest BCUT2D eigenvalue weighted by Gasteiger charge is 2.40. The molecule has 4 heteroatoms. The first-order chi connectivity index (χ1) is 12.4. The van der Waals surface area contributed by atoms with Crippen molar-refractivity contribution < 1.29 is 4.79 Å². The van der Waals surface area contributed by atoms with Crippen molar-refractivity contribution in [2.75, 3.05) is 39.4 Å². The van der Waals surface area contributed by atoms with Gasteiger partial charge in [0, 0.05) is 32.0 Å². The summed E-state index contributed by atoms with van der Waals surface area (Å²) in [6, 6.07) is 10.7. The number of amides is 1. The predicted octanol–water partition coefficient (Wildman–Crippen LogP) is 3.48. The van der Waals surface area contributed by atoms with E-state index in [0.29, 0.717) is 12.1 Å². The SMILES string of the molecule is CC.CC(=O)N1CNCC(CN2CCC(C)(C)CC2)(c2ccccc2)C1. The van der Waals surface area contributed by atoms with E-state index in [1.165, 1.54) is 18.4 Å². The Morgan fingerprint density at radius 2 is 1.73 bits per heavy atom. The second-order valence-electron chi connectivity index (χ2n) is 8.39. The Kier molecular flexibility index (Phi) is 7.24. The van der Waals surface area contributed by atoms with E-state index in [1.54, 1.807) is 6.92 Å². The molecule has 1 aromatic rings. The lowest BCUT2D eigenvalue weighted by Crippen LogP contribution is -2.61. The largest absolute Gasteiger partial charge is 0.329 e. The molecule has 0 radical (unpaired) electrons. The predicted molar refractivity (Wildman–Crippen MR) is 109 cm³/mol. The Morgan fingerprint density at radius 1 is 1.12 bits per heavy atom. The third-order valence-corrected chi connectivity index (χ3v) is 5.83. The Labute approximate surface area is 159 Å². The number of piperidine rings is 1. The van der Waals surface area contributed by atoms with Gasteiger partial charge in [0.25, 0.3) is 0 Å². The van der Waals surface area contributed by atoms with E-state index in [4.69, 9.17) is 0 Å². The van der Waals surface area contributed by atoms with Crippen LogP contribution >= 0.6 is 0 Å². The van der Waals surface area contributed by atoms with E-state index in [1.807, 2.05) is 18.7 Å². The molecule has 4 nitrogen and oxygen atoms in total. The van der Waals surface area contributed by atoms with Crippen LogP contribution in [0.4, 0.5) is 0 Å². The van der Waals surface area contributed by atoms with Gasteiger partial charge in [-0.2, -0.15) is 0 Å². The van der Waals surface area contributed by atoms with Gasteiger partial charge in [0.2, 0.25) is 5.91 Å². The number of carbonyl (C=O) groups is 1. The lowest BCUT2D eigenvalue weighted by atomic mass is 9.76. The smallest absolute Gasteiger partial charge is 0.220 e. The van der Waals surface area contributed by atoms with Gasteiger partial charge in [-0.15, -0.1) is 0 Å². The topological polar surface area (TPSA) is 35.6 Å². The highest BCUT2D eigenvalue weighted by Crippen LogP contribution is 2.34. The Balaban J connectivity index is 0.00000117. The number of nitrogens with one attached hydrogen (secondary N) is 1. The van der Waals surface area contributed by atoms with E-state index in [2.05, 4.69) is 54.4 Å². The highest BCUT2D eigenvalue weighted by atomic mass is 16.2. The van der Waals surface area contributed by atoms with Crippen molar-refractivity contribution >= 4 is 5.91 Å². The minimum absolute atomic E-state index is 0.0212.